The smallest absolute Gasteiger partial charge is 0.239 e. The normalized spacial score (nSPS) is 16.4. The summed E-state index contributed by atoms with van der Waals surface area (Å²) in [6.45, 7) is 4.14. The van der Waals surface area contributed by atoms with E-state index in [-0.39, 0.29) is 49.1 Å². The maximum atomic E-state index is 9.62. The van der Waals surface area contributed by atoms with E-state index in [1.165, 1.54) is 0 Å². The van der Waals surface area contributed by atoms with Crippen molar-refractivity contribution in [3.8, 4) is 34.5 Å². The Kier molecular flexibility index (Phi) is 6.14. The second kappa shape index (κ2) is 15.7. The molecule has 0 fully saturated rings. The Hall–Kier alpha value is -9.17. The molecule has 2 aliphatic rings. The topological polar surface area (TPSA) is 57.8 Å². The first kappa shape index (κ1) is 28.6. The van der Waals surface area contributed by atoms with Gasteiger partial charge in [-0.2, -0.15) is 4.98 Å². The summed E-state index contributed by atoms with van der Waals surface area (Å²) in [7, 11) is -4.37. The number of nitrogens with zero attached hydrogens (tertiary/aromatic N) is 5. The number of aromatic nitrogens is 5. The van der Waals surface area contributed by atoms with Crippen LogP contribution in [0, 0.1) is 13.8 Å². The van der Waals surface area contributed by atoms with Gasteiger partial charge in [0.25, 0.3) is 0 Å². The van der Waals surface area contributed by atoms with Gasteiger partial charge in [-0.05, 0) is 88.0 Å². The fourth-order valence-corrected chi connectivity index (χ4v) is 16.0. The Morgan fingerprint density at radius 2 is 0.849 bits per heavy atom. The quantitative estimate of drug-likeness (QED) is 0.123. The number of ether oxygens (including phenoxy) is 1. The largest absolute Gasteiger partial charge is 0.457 e. The predicted octanol–water partition coefficient (Wildman–Crippen LogP) is 12.5. The minimum atomic E-state index is -4.37. The van der Waals surface area contributed by atoms with E-state index < -0.39 is 122 Å². The Bertz CT molecular complexity index is 4940. The number of fused-ring (bicyclic) bond motifs is 15. The standard InChI is InChI=1S/C66H45N5OSi/c1-42-33-36-47-48-37-34-43(2)40-56(48)66(55(47)39-42)53-27-13-18-32-61(53)72-62-41-46(35-38-54(62)66)73(44-19-5-3-6-20-44,45-21-7-4-8-22-45)65-68-63(70-57-28-14-9-23-49(57)50-24-10-15-29-58(50)70)67-64(69-65)71-59-30-16-11-25-51(59)52-26-12-17-31-60(52)71/h3-41H,1-2H3/i9D,10D,11D,12D,14D,15D,16D,17D,23D,24D,25D,26D,28D,29D,30D,31D. The van der Waals surface area contributed by atoms with Crippen molar-refractivity contribution in [2.75, 3.05) is 0 Å². The van der Waals surface area contributed by atoms with Crippen molar-refractivity contribution in [1.82, 2.24) is 24.1 Å². The molecule has 4 heterocycles. The van der Waals surface area contributed by atoms with Crippen molar-refractivity contribution in [1.29, 1.82) is 0 Å². The molecule has 3 aromatic heterocycles. The van der Waals surface area contributed by atoms with Crippen molar-refractivity contribution in [2.24, 2.45) is 0 Å². The highest BCUT2D eigenvalue weighted by atomic mass is 28.3. The lowest BCUT2D eigenvalue weighted by molar-refractivity contribution is 0.436. The van der Waals surface area contributed by atoms with Crippen LogP contribution in [-0.4, -0.2) is 32.2 Å². The van der Waals surface area contributed by atoms with Gasteiger partial charge in [-0.25, -0.2) is 9.97 Å². The lowest BCUT2D eigenvalue weighted by atomic mass is 9.66. The van der Waals surface area contributed by atoms with E-state index in [4.69, 9.17) is 30.7 Å². The molecular weight excluding hydrogens is 907 g/mol. The minimum Gasteiger partial charge on any atom is -0.457 e. The summed E-state index contributed by atoms with van der Waals surface area (Å²) in [5.74, 6) is 0.140. The summed E-state index contributed by atoms with van der Waals surface area (Å²) in [4.78, 5) is 16.0. The molecule has 73 heavy (non-hydrogen) atoms. The summed E-state index contributed by atoms with van der Waals surface area (Å²) in [5, 5.41) is 0.835. The number of hydrogen-bond acceptors (Lipinski definition) is 4. The van der Waals surface area contributed by atoms with Crippen LogP contribution >= 0.6 is 0 Å². The molecule has 0 amide bonds. The van der Waals surface area contributed by atoms with Crippen molar-refractivity contribution in [3.63, 3.8) is 0 Å². The van der Waals surface area contributed by atoms with E-state index >= 15 is 0 Å². The molecule has 15 rings (SSSR count). The number of rotatable bonds is 6. The zero-order valence-corrected chi connectivity index (χ0v) is 39.9. The first-order chi connectivity index (χ1) is 42.6. The van der Waals surface area contributed by atoms with Crippen LogP contribution in [0.4, 0.5) is 0 Å². The molecule has 6 nitrogen and oxygen atoms in total. The SMILES string of the molecule is [2H]c1c([2H])c([2H])c2c(c1[2H])c1c([2H])c([2H])c([2H])c([2H])c1n2-c1nc(-n2c3c([2H])c([2H])c([2H])c([2H])c3c3c([2H])c([2H])c([2H])c([2H])c32)nc([Si](c2ccccc2)(c2ccccc2)c2ccc3c(c2)Oc2ccccc2C32c3cc(C)ccc3-c3ccc(C)cc32)n1. The molecule has 1 spiro atoms. The van der Waals surface area contributed by atoms with E-state index in [1.54, 1.807) is 0 Å². The van der Waals surface area contributed by atoms with Crippen LogP contribution in [-0.2, 0) is 5.41 Å². The van der Waals surface area contributed by atoms with Gasteiger partial charge < -0.3 is 4.74 Å². The number of aryl methyl sites for hydroxylation is 2. The average Bonchev–Trinajstić information content (AvgIpc) is 1.62. The van der Waals surface area contributed by atoms with Gasteiger partial charge in [0.05, 0.1) is 49.4 Å². The molecule has 344 valence electrons. The van der Waals surface area contributed by atoms with Gasteiger partial charge in [-0.15, -0.1) is 0 Å². The van der Waals surface area contributed by atoms with Crippen LogP contribution < -0.4 is 25.7 Å². The summed E-state index contributed by atoms with van der Waals surface area (Å²) in [5.41, 5.74) is 5.84. The molecule has 0 bridgehead atoms. The molecule has 0 N–H and O–H groups in total. The summed E-state index contributed by atoms with van der Waals surface area (Å²) < 4.78 is 157. The second-order valence-corrected chi connectivity index (χ2v) is 22.1. The lowest BCUT2D eigenvalue weighted by Crippen LogP contribution is -2.76. The lowest BCUT2D eigenvalue weighted by Gasteiger charge is -2.40. The number of hydrogen-bond donors (Lipinski definition) is 0. The maximum absolute atomic E-state index is 9.62. The average molecular weight is 968 g/mol. The minimum absolute atomic E-state index is 0.0306. The third-order valence-corrected chi connectivity index (χ3v) is 19.1. The van der Waals surface area contributed by atoms with Gasteiger partial charge in [-0.1, -0.05) is 211 Å². The molecule has 1 aliphatic carbocycles. The van der Waals surface area contributed by atoms with Crippen LogP contribution in [0.25, 0.3) is 66.6 Å². The van der Waals surface area contributed by atoms with E-state index in [1.807, 2.05) is 91.0 Å². The molecule has 0 saturated heterocycles. The summed E-state index contributed by atoms with van der Waals surface area (Å²) in [6, 6.07) is 35.2. The molecule has 0 atom stereocenters. The fourth-order valence-electron chi connectivity index (χ4n) is 11.6. The predicted molar refractivity (Wildman–Crippen MR) is 299 cm³/mol. The van der Waals surface area contributed by atoms with Crippen molar-refractivity contribution in [2.45, 2.75) is 19.3 Å². The van der Waals surface area contributed by atoms with Gasteiger partial charge in [0.15, 0.2) is 0 Å². The molecule has 0 radical (unpaired) electrons. The molecular formula is C66H45N5OSi. The Morgan fingerprint density at radius 3 is 1.34 bits per heavy atom. The highest BCUT2D eigenvalue weighted by Gasteiger charge is 2.53. The highest BCUT2D eigenvalue weighted by molar-refractivity contribution is 7.19. The van der Waals surface area contributed by atoms with Crippen molar-refractivity contribution in [3.05, 3.63) is 270 Å². The summed E-state index contributed by atoms with van der Waals surface area (Å²) >= 11 is 0. The van der Waals surface area contributed by atoms with Gasteiger partial charge in [0.2, 0.25) is 20.0 Å². The van der Waals surface area contributed by atoms with Gasteiger partial charge in [0, 0.05) is 32.7 Å². The zero-order valence-electron chi connectivity index (χ0n) is 54.9. The van der Waals surface area contributed by atoms with Gasteiger partial charge in [-0.3, -0.25) is 9.13 Å². The van der Waals surface area contributed by atoms with Crippen LogP contribution in [0.3, 0.4) is 0 Å². The molecule has 10 aromatic carbocycles. The second-order valence-electron chi connectivity index (χ2n) is 18.5. The highest BCUT2D eigenvalue weighted by Crippen LogP contribution is 2.62. The monoisotopic (exact) mass is 967 g/mol. The van der Waals surface area contributed by atoms with E-state index in [2.05, 4.69) is 62.4 Å². The molecule has 1 aliphatic heterocycles. The first-order valence-corrected chi connectivity index (χ1v) is 25.7. The number of para-hydroxylation sites is 5. The van der Waals surface area contributed by atoms with Crippen LogP contribution in [0.1, 0.15) is 55.3 Å². The number of benzene rings is 10. The van der Waals surface area contributed by atoms with Crippen molar-refractivity contribution < 1.29 is 26.7 Å². The fraction of sp³-hybridized carbons (Fsp3) is 0.0455. The molecule has 13 aromatic rings. The molecule has 0 unspecified atom stereocenters. The Morgan fingerprint density at radius 1 is 0.411 bits per heavy atom. The molecule has 7 heteroatoms. The van der Waals surface area contributed by atoms with E-state index in [9.17, 15) is 11.0 Å². The van der Waals surface area contributed by atoms with Gasteiger partial charge in [0.1, 0.15) is 16.9 Å². The van der Waals surface area contributed by atoms with E-state index in [0.29, 0.717) is 27.1 Å². The third kappa shape index (κ3) is 5.76. The van der Waals surface area contributed by atoms with E-state index in [0.717, 1.165) is 53.6 Å². The van der Waals surface area contributed by atoms with Crippen LogP contribution in [0.5, 0.6) is 11.5 Å². The Labute approximate surface area is 445 Å². The van der Waals surface area contributed by atoms with Crippen LogP contribution in [0.15, 0.2) is 236 Å². The first-order valence-electron chi connectivity index (χ1n) is 31.7. The molecule has 0 saturated carbocycles. The van der Waals surface area contributed by atoms with Gasteiger partial charge >= 0.3 is 0 Å². The third-order valence-electron chi connectivity index (χ3n) is 14.6. The zero-order chi connectivity index (χ0) is 62.3. The van der Waals surface area contributed by atoms with Crippen LogP contribution in [0.2, 0.25) is 0 Å². The summed E-state index contributed by atoms with van der Waals surface area (Å²) in [6.07, 6.45) is 0. The van der Waals surface area contributed by atoms with Crippen molar-refractivity contribution >= 4 is 72.7 Å². The maximum Gasteiger partial charge on any atom is 0.239 e. The Balaban J connectivity index is 1.16.